The molecule has 1 unspecified atom stereocenters. The van der Waals surface area contributed by atoms with Crippen LogP contribution in [-0.4, -0.2) is 17.9 Å². The molecule has 1 aliphatic rings. The normalized spacial score (nSPS) is 19.0. The van der Waals surface area contributed by atoms with Gasteiger partial charge >= 0.3 is 0 Å². The number of para-hydroxylation sites is 1. The monoisotopic (exact) mass is 233 g/mol. The minimum absolute atomic E-state index is 0.348. The van der Waals surface area contributed by atoms with Crippen LogP contribution < -0.4 is 10.1 Å². The van der Waals surface area contributed by atoms with Crippen molar-refractivity contribution >= 4 is 11.8 Å². The van der Waals surface area contributed by atoms with Crippen molar-refractivity contribution in [2.45, 2.75) is 32.3 Å². The summed E-state index contributed by atoms with van der Waals surface area (Å²) in [7, 11) is 0. The molecule has 0 spiro atoms. The molecular weight excluding hydrogens is 218 g/mol. The summed E-state index contributed by atoms with van der Waals surface area (Å²) < 4.78 is 5.61. The van der Waals surface area contributed by atoms with Crippen LogP contribution in [0.2, 0.25) is 0 Å². The maximum Gasteiger partial charge on any atom is 0.267 e. The van der Waals surface area contributed by atoms with E-state index in [1.54, 1.807) is 24.3 Å². The lowest BCUT2D eigenvalue weighted by atomic mass is 10.1. The second-order valence-corrected chi connectivity index (χ2v) is 4.06. The largest absolute Gasteiger partial charge is 0.480 e. The lowest BCUT2D eigenvalue weighted by Gasteiger charge is -2.14. The highest BCUT2D eigenvalue weighted by atomic mass is 16.5. The number of carbonyl (C=O) groups is 2. The number of hydrogen-bond donors (Lipinski definition) is 1. The van der Waals surface area contributed by atoms with Crippen LogP contribution in [0, 0.1) is 0 Å². The Morgan fingerprint density at radius 3 is 2.82 bits per heavy atom. The molecule has 0 aliphatic carbocycles. The Bertz CT molecular complexity index is 442. The molecule has 0 aromatic heterocycles. The van der Waals surface area contributed by atoms with Gasteiger partial charge in [0.25, 0.3) is 11.8 Å². The summed E-state index contributed by atoms with van der Waals surface area (Å²) in [6.45, 7) is 2.05. The third-order valence-corrected chi connectivity index (χ3v) is 2.75. The second kappa shape index (κ2) is 4.99. The molecule has 0 fully saturated rings. The van der Waals surface area contributed by atoms with Gasteiger partial charge in [0, 0.05) is 0 Å². The van der Waals surface area contributed by atoms with Crippen LogP contribution in [-0.2, 0) is 4.79 Å². The van der Waals surface area contributed by atoms with E-state index in [2.05, 4.69) is 5.32 Å². The lowest BCUT2D eigenvalue weighted by molar-refractivity contribution is -0.126. The molecular formula is C13H15NO3. The molecule has 1 atom stereocenters. The van der Waals surface area contributed by atoms with E-state index in [1.165, 1.54) is 0 Å². The smallest absolute Gasteiger partial charge is 0.267 e. The highest BCUT2D eigenvalue weighted by Crippen LogP contribution is 2.23. The van der Waals surface area contributed by atoms with Gasteiger partial charge in [-0.3, -0.25) is 14.9 Å². The standard InChI is InChI=1S/C13H15NO3/c1-2-3-7-11-13(16)14-12(15)9-6-4-5-8-10(9)17-11/h4-6,8,11H,2-3,7H2,1H3,(H,14,15,16). The van der Waals surface area contributed by atoms with Crippen LogP contribution in [0.5, 0.6) is 5.75 Å². The average molecular weight is 233 g/mol. The zero-order valence-electron chi connectivity index (χ0n) is 9.73. The van der Waals surface area contributed by atoms with E-state index in [1.807, 2.05) is 6.92 Å². The number of rotatable bonds is 3. The van der Waals surface area contributed by atoms with Gasteiger partial charge in [-0.05, 0) is 25.0 Å². The lowest BCUT2D eigenvalue weighted by Crippen LogP contribution is -2.38. The molecule has 0 saturated heterocycles. The van der Waals surface area contributed by atoms with E-state index in [0.717, 1.165) is 12.8 Å². The number of amides is 2. The predicted molar refractivity (Wildman–Crippen MR) is 62.9 cm³/mol. The third kappa shape index (κ3) is 2.46. The topological polar surface area (TPSA) is 55.4 Å². The highest BCUT2D eigenvalue weighted by molar-refractivity contribution is 6.08. The number of nitrogens with one attached hydrogen (secondary N) is 1. The fourth-order valence-corrected chi connectivity index (χ4v) is 1.80. The van der Waals surface area contributed by atoms with E-state index in [4.69, 9.17) is 4.74 Å². The average Bonchev–Trinajstić information content (AvgIpc) is 2.45. The first-order valence-corrected chi connectivity index (χ1v) is 5.83. The minimum Gasteiger partial charge on any atom is -0.480 e. The van der Waals surface area contributed by atoms with Crippen molar-refractivity contribution in [1.82, 2.24) is 5.32 Å². The first-order valence-electron chi connectivity index (χ1n) is 5.83. The zero-order valence-corrected chi connectivity index (χ0v) is 9.73. The Kier molecular flexibility index (Phi) is 3.42. The molecule has 0 radical (unpaired) electrons. The van der Waals surface area contributed by atoms with Gasteiger partial charge in [0.05, 0.1) is 5.56 Å². The molecule has 90 valence electrons. The Morgan fingerprint density at radius 2 is 2.06 bits per heavy atom. The van der Waals surface area contributed by atoms with E-state index >= 15 is 0 Å². The Balaban J connectivity index is 2.25. The minimum atomic E-state index is -0.567. The number of imide groups is 1. The predicted octanol–water partition coefficient (Wildman–Crippen LogP) is 1.89. The Labute approximate surface area is 100.0 Å². The number of ether oxygens (including phenoxy) is 1. The van der Waals surface area contributed by atoms with Gasteiger partial charge in [0.1, 0.15) is 5.75 Å². The zero-order chi connectivity index (χ0) is 12.3. The number of fused-ring (bicyclic) bond motifs is 1. The van der Waals surface area contributed by atoms with Gasteiger partial charge < -0.3 is 4.74 Å². The van der Waals surface area contributed by atoms with Crippen molar-refractivity contribution < 1.29 is 14.3 Å². The molecule has 2 rings (SSSR count). The molecule has 4 nitrogen and oxygen atoms in total. The van der Waals surface area contributed by atoms with Gasteiger partial charge in [0.15, 0.2) is 6.10 Å². The van der Waals surface area contributed by atoms with Crippen molar-refractivity contribution in [2.75, 3.05) is 0 Å². The quantitative estimate of drug-likeness (QED) is 0.811. The van der Waals surface area contributed by atoms with Crippen LogP contribution in [0.15, 0.2) is 24.3 Å². The number of hydrogen-bond acceptors (Lipinski definition) is 3. The van der Waals surface area contributed by atoms with Crippen LogP contribution >= 0.6 is 0 Å². The molecule has 1 heterocycles. The summed E-state index contributed by atoms with van der Waals surface area (Å²) in [4.78, 5) is 23.5. The second-order valence-electron chi connectivity index (χ2n) is 4.06. The summed E-state index contributed by atoms with van der Waals surface area (Å²) in [6, 6.07) is 6.91. The van der Waals surface area contributed by atoms with Crippen LogP contribution in [0.1, 0.15) is 36.5 Å². The number of unbranched alkanes of at least 4 members (excludes halogenated alkanes) is 1. The Morgan fingerprint density at radius 1 is 1.29 bits per heavy atom. The molecule has 1 N–H and O–H groups in total. The van der Waals surface area contributed by atoms with E-state index in [9.17, 15) is 9.59 Å². The van der Waals surface area contributed by atoms with Crippen LogP contribution in [0.25, 0.3) is 0 Å². The van der Waals surface area contributed by atoms with Gasteiger partial charge in [0.2, 0.25) is 0 Å². The van der Waals surface area contributed by atoms with Crippen LogP contribution in [0.4, 0.5) is 0 Å². The first-order chi connectivity index (χ1) is 8.22. The number of benzene rings is 1. The van der Waals surface area contributed by atoms with E-state index in [0.29, 0.717) is 17.7 Å². The maximum absolute atomic E-state index is 11.7. The molecule has 2 amide bonds. The molecule has 1 aromatic carbocycles. The van der Waals surface area contributed by atoms with Crippen molar-refractivity contribution in [3.63, 3.8) is 0 Å². The summed E-state index contributed by atoms with van der Waals surface area (Å²) >= 11 is 0. The summed E-state index contributed by atoms with van der Waals surface area (Å²) in [5, 5.41) is 2.35. The fraction of sp³-hybridized carbons (Fsp3) is 0.385. The summed E-state index contributed by atoms with van der Waals surface area (Å²) in [5.41, 5.74) is 0.417. The maximum atomic E-state index is 11.7. The highest BCUT2D eigenvalue weighted by Gasteiger charge is 2.28. The molecule has 4 heteroatoms. The molecule has 0 bridgehead atoms. The molecule has 0 saturated carbocycles. The summed E-state index contributed by atoms with van der Waals surface area (Å²) in [5.74, 6) is -0.249. The van der Waals surface area contributed by atoms with Gasteiger partial charge in [-0.25, -0.2) is 0 Å². The van der Waals surface area contributed by atoms with E-state index in [-0.39, 0.29) is 11.8 Å². The van der Waals surface area contributed by atoms with Gasteiger partial charge in [-0.2, -0.15) is 0 Å². The molecule has 1 aliphatic heterocycles. The molecule has 1 aromatic rings. The van der Waals surface area contributed by atoms with E-state index < -0.39 is 6.10 Å². The summed E-state index contributed by atoms with van der Waals surface area (Å²) in [6.07, 6.45) is 1.95. The fourth-order valence-electron chi connectivity index (χ4n) is 1.80. The van der Waals surface area contributed by atoms with Crippen molar-refractivity contribution in [3.8, 4) is 5.75 Å². The van der Waals surface area contributed by atoms with Gasteiger partial charge in [-0.1, -0.05) is 25.5 Å². The van der Waals surface area contributed by atoms with Crippen molar-refractivity contribution in [2.24, 2.45) is 0 Å². The first kappa shape index (κ1) is 11.6. The SMILES string of the molecule is CCCCC1Oc2ccccc2C(=O)NC1=O. The van der Waals surface area contributed by atoms with Crippen molar-refractivity contribution in [1.29, 1.82) is 0 Å². The third-order valence-electron chi connectivity index (χ3n) is 2.75. The number of carbonyl (C=O) groups excluding carboxylic acids is 2. The van der Waals surface area contributed by atoms with Gasteiger partial charge in [-0.15, -0.1) is 0 Å². The van der Waals surface area contributed by atoms with Crippen molar-refractivity contribution in [3.05, 3.63) is 29.8 Å². The van der Waals surface area contributed by atoms with Crippen LogP contribution in [0.3, 0.4) is 0 Å². The Hall–Kier alpha value is -1.84. The molecule has 17 heavy (non-hydrogen) atoms.